The third-order valence-corrected chi connectivity index (χ3v) is 5.50. The number of ether oxygens (including phenoxy) is 3. The summed E-state index contributed by atoms with van der Waals surface area (Å²) in [6, 6.07) is -0.103. The third-order valence-electron chi connectivity index (χ3n) is 5.50. The van der Waals surface area contributed by atoms with Crippen LogP contribution in [0, 0.1) is 23.3 Å². The number of aromatic nitrogens is 1. The molecule has 2 aromatic rings. The molecule has 11 nitrogen and oxygen atoms in total. The van der Waals surface area contributed by atoms with Gasteiger partial charge in [-0.05, 0) is 18.6 Å². The van der Waals surface area contributed by atoms with E-state index in [1.165, 1.54) is 25.4 Å². The number of anilines is 1. The Balaban J connectivity index is 1.76. The number of amides is 1. The number of epoxide rings is 1. The van der Waals surface area contributed by atoms with E-state index in [1.807, 2.05) is 0 Å². The maximum absolute atomic E-state index is 13.8. The molecule has 2 unspecified atom stereocenters. The largest absolute Gasteiger partial charge is 0.481 e. The minimum Gasteiger partial charge on any atom is -0.481 e. The number of Topliss-reactive ketones (excluding diaryl/α,β-unsaturated/α-hetero) is 1. The van der Waals surface area contributed by atoms with Gasteiger partial charge in [-0.25, -0.2) is 8.78 Å². The Morgan fingerprint density at radius 1 is 1.18 bits per heavy atom. The van der Waals surface area contributed by atoms with E-state index in [0.29, 0.717) is 0 Å². The van der Waals surface area contributed by atoms with Gasteiger partial charge in [0.2, 0.25) is 23.8 Å². The van der Waals surface area contributed by atoms with Gasteiger partial charge in [0.15, 0.2) is 29.4 Å². The third kappa shape index (κ3) is 6.47. The lowest BCUT2D eigenvalue weighted by Gasteiger charge is -2.22. The first kappa shape index (κ1) is 28.6. The van der Waals surface area contributed by atoms with Crippen molar-refractivity contribution in [2.45, 2.75) is 44.4 Å². The van der Waals surface area contributed by atoms with Crippen LogP contribution in [0.25, 0.3) is 0 Å². The average molecular weight is 545 g/mol. The maximum Gasteiger partial charge on any atom is 0.305 e. The van der Waals surface area contributed by atoms with Crippen LogP contribution in [-0.2, 0) is 23.9 Å². The smallest absolute Gasteiger partial charge is 0.305 e. The summed E-state index contributed by atoms with van der Waals surface area (Å²) in [4.78, 5) is 49.8. The fraction of sp³-hybridized carbons (Fsp3) is 0.391. The first-order valence-corrected chi connectivity index (χ1v) is 11.1. The van der Waals surface area contributed by atoms with Crippen LogP contribution in [-0.4, -0.2) is 59.6 Å². The summed E-state index contributed by atoms with van der Waals surface area (Å²) in [5.74, 6) is -12.5. The molecule has 1 aromatic carbocycles. The highest BCUT2D eigenvalue weighted by Gasteiger charge is 2.40. The molecule has 1 fully saturated rings. The van der Waals surface area contributed by atoms with Crippen molar-refractivity contribution >= 4 is 23.3 Å². The second kappa shape index (κ2) is 12.0. The molecule has 1 saturated heterocycles. The van der Waals surface area contributed by atoms with Gasteiger partial charge < -0.3 is 34.5 Å². The fourth-order valence-corrected chi connectivity index (χ4v) is 3.52. The number of halogens is 4. The normalized spacial score (nSPS) is 17.8. The second-order valence-electron chi connectivity index (χ2n) is 8.07. The van der Waals surface area contributed by atoms with Gasteiger partial charge in [0, 0.05) is 19.4 Å². The number of methoxy groups -OCH3 is 1. The van der Waals surface area contributed by atoms with Crippen molar-refractivity contribution in [3.8, 4) is 5.75 Å². The van der Waals surface area contributed by atoms with E-state index in [9.17, 15) is 36.7 Å². The van der Waals surface area contributed by atoms with Crippen molar-refractivity contribution < 1.29 is 51.3 Å². The van der Waals surface area contributed by atoms with E-state index in [-0.39, 0.29) is 18.2 Å². The standard InChI is InChI=1S/C23H23F4N3O8/c1-3-14(30-6-4-5-12(22(30)35)29-21-23(36-2)38-21)20(34)28-13(8-16(32)33)15(31)9-37-19-17(26)10(24)7-11(25)18(19)27/h4-7,13-14,21,23,29H,3,8-9H2,1-2H3,(H,28,34)(H,32,33)/t13-,14-,21?,23?/m0/s1. The fourth-order valence-electron chi connectivity index (χ4n) is 3.52. The van der Waals surface area contributed by atoms with Crippen LogP contribution in [0.15, 0.2) is 29.2 Å². The van der Waals surface area contributed by atoms with E-state index >= 15 is 0 Å². The van der Waals surface area contributed by atoms with E-state index < -0.39 is 89.9 Å². The van der Waals surface area contributed by atoms with Crippen LogP contribution in [0.3, 0.4) is 0 Å². The van der Waals surface area contributed by atoms with E-state index in [0.717, 1.165) is 4.57 Å². The van der Waals surface area contributed by atoms with Crippen LogP contribution in [0.4, 0.5) is 23.2 Å². The van der Waals surface area contributed by atoms with E-state index in [4.69, 9.17) is 14.6 Å². The Labute approximate surface area is 212 Å². The predicted molar refractivity (Wildman–Crippen MR) is 120 cm³/mol. The summed E-state index contributed by atoms with van der Waals surface area (Å²) in [5.41, 5.74) is -0.537. The Morgan fingerprint density at radius 3 is 2.39 bits per heavy atom. The molecular formula is C23H23F4N3O8. The van der Waals surface area contributed by atoms with Crippen LogP contribution >= 0.6 is 0 Å². The number of nitrogens with zero attached hydrogens (tertiary/aromatic N) is 1. The Hall–Kier alpha value is -3.98. The minimum atomic E-state index is -1.90. The quantitative estimate of drug-likeness (QED) is 0.194. The molecule has 1 aliphatic heterocycles. The molecule has 0 spiro atoms. The molecule has 1 amide bonds. The number of carboxylic acids is 1. The molecule has 3 rings (SSSR count). The van der Waals surface area contributed by atoms with E-state index in [1.54, 1.807) is 6.92 Å². The maximum atomic E-state index is 13.8. The number of ketones is 1. The molecule has 3 N–H and O–H groups in total. The summed E-state index contributed by atoms with van der Waals surface area (Å²) in [6.45, 7) is 0.329. The SMILES string of the molecule is CC[C@@H](C(=O)N[C@@H](CC(=O)O)C(=O)COc1c(F)c(F)cc(F)c1F)n1cccc(NC2OC2OC)c1=O. The van der Waals surface area contributed by atoms with Crippen LogP contribution in [0.2, 0.25) is 0 Å². The molecule has 1 aromatic heterocycles. The molecule has 0 aliphatic carbocycles. The van der Waals surface area contributed by atoms with Crippen LogP contribution in [0.1, 0.15) is 25.8 Å². The van der Waals surface area contributed by atoms with Gasteiger partial charge in [-0.1, -0.05) is 6.92 Å². The molecule has 2 heterocycles. The number of carbonyl (C=O) groups excluding carboxylic acids is 2. The Kier molecular flexibility index (Phi) is 9.06. The van der Waals surface area contributed by atoms with Crippen LogP contribution < -0.4 is 20.9 Å². The number of carbonyl (C=O) groups is 3. The molecule has 1 aliphatic rings. The molecule has 0 bridgehead atoms. The topological polar surface area (TPSA) is 148 Å². The molecule has 4 atom stereocenters. The molecule has 38 heavy (non-hydrogen) atoms. The van der Waals surface area contributed by atoms with Gasteiger partial charge in [0.25, 0.3) is 5.56 Å². The summed E-state index contributed by atoms with van der Waals surface area (Å²) in [7, 11) is 1.41. The van der Waals surface area contributed by atoms with E-state index in [2.05, 4.69) is 15.4 Å². The van der Waals surface area contributed by atoms with Crippen molar-refractivity contribution in [3.05, 3.63) is 58.0 Å². The number of nitrogens with one attached hydrogen (secondary N) is 2. The zero-order chi connectivity index (χ0) is 28.1. The zero-order valence-electron chi connectivity index (χ0n) is 20.0. The lowest BCUT2D eigenvalue weighted by molar-refractivity contribution is -0.140. The van der Waals surface area contributed by atoms with Crippen molar-refractivity contribution in [2.75, 3.05) is 19.0 Å². The Morgan fingerprint density at radius 2 is 1.84 bits per heavy atom. The highest BCUT2D eigenvalue weighted by Crippen LogP contribution is 2.27. The summed E-state index contributed by atoms with van der Waals surface area (Å²) >= 11 is 0. The number of rotatable bonds is 13. The van der Waals surface area contributed by atoms with Crippen molar-refractivity contribution in [3.63, 3.8) is 0 Å². The predicted octanol–water partition coefficient (Wildman–Crippen LogP) is 1.70. The molecule has 15 heteroatoms. The summed E-state index contributed by atoms with van der Waals surface area (Å²) < 4.78 is 70.2. The van der Waals surface area contributed by atoms with Crippen molar-refractivity contribution in [1.82, 2.24) is 9.88 Å². The van der Waals surface area contributed by atoms with Gasteiger partial charge in [-0.3, -0.25) is 19.2 Å². The number of carboxylic acid groups (broad SMARTS) is 1. The number of hydrogen-bond acceptors (Lipinski definition) is 8. The summed E-state index contributed by atoms with van der Waals surface area (Å²) in [5, 5.41) is 14.2. The van der Waals surface area contributed by atoms with Crippen LogP contribution in [0.5, 0.6) is 5.75 Å². The number of benzene rings is 1. The minimum absolute atomic E-state index is 0.0410. The van der Waals surface area contributed by atoms with Crippen molar-refractivity contribution in [1.29, 1.82) is 0 Å². The lowest BCUT2D eigenvalue weighted by atomic mass is 10.1. The first-order chi connectivity index (χ1) is 18.0. The number of hydrogen-bond donors (Lipinski definition) is 3. The zero-order valence-corrected chi connectivity index (χ0v) is 20.0. The molecular weight excluding hydrogens is 522 g/mol. The number of aliphatic carboxylic acids is 1. The lowest BCUT2D eigenvalue weighted by Crippen LogP contribution is -2.48. The average Bonchev–Trinajstić information content (AvgIpc) is 3.62. The molecule has 0 saturated carbocycles. The molecule has 206 valence electrons. The monoisotopic (exact) mass is 545 g/mol. The highest BCUT2D eigenvalue weighted by molar-refractivity contribution is 5.93. The van der Waals surface area contributed by atoms with Gasteiger partial charge in [0.1, 0.15) is 24.4 Å². The van der Waals surface area contributed by atoms with Crippen molar-refractivity contribution in [2.24, 2.45) is 0 Å². The summed E-state index contributed by atoms with van der Waals surface area (Å²) in [6.07, 6.45) is -0.732. The number of pyridine rings is 1. The van der Waals surface area contributed by atoms with Gasteiger partial charge in [-0.2, -0.15) is 8.78 Å². The van der Waals surface area contributed by atoms with Gasteiger partial charge in [0.05, 0.1) is 6.42 Å². The first-order valence-electron chi connectivity index (χ1n) is 11.1. The highest BCUT2D eigenvalue weighted by atomic mass is 19.2. The Bertz CT molecular complexity index is 1260. The molecule has 0 radical (unpaired) electrons. The second-order valence-corrected chi connectivity index (χ2v) is 8.07. The van der Waals surface area contributed by atoms with Gasteiger partial charge in [-0.15, -0.1) is 0 Å². The van der Waals surface area contributed by atoms with Gasteiger partial charge >= 0.3 is 5.97 Å².